The quantitative estimate of drug-likeness (QED) is 0.580. The van der Waals surface area contributed by atoms with Gasteiger partial charge in [0, 0.05) is 23.2 Å². The fraction of sp³-hybridized carbons (Fsp3) is 0.235. The Morgan fingerprint density at radius 1 is 1.16 bits per heavy atom. The van der Waals surface area contributed by atoms with Gasteiger partial charge in [-0.1, -0.05) is 38.1 Å². The maximum absolute atomic E-state index is 12.1. The predicted octanol–water partition coefficient (Wildman–Crippen LogP) is 3.59. The number of hydrogen-bond donors (Lipinski definition) is 4. The van der Waals surface area contributed by atoms with E-state index in [2.05, 4.69) is 26.0 Å². The summed E-state index contributed by atoms with van der Waals surface area (Å²) >= 11 is 0. The van der Waals surface area contributed by atoms with Crippen LogP contribution in [0.15, 0.2) is 40.9 Å². The van der Waals surface area contributed by atoms with Crippen molar-refractivity contribution >= 4 is 23.4 Å². The summed E-state index contributed by atoms with van der Waals surface area (Å²) in [5.74, 6) is 1.50. The number of benzene rings is 1. The molecule has 2 aromatic heterocycles. The van der Waals surface area contributed by atoms with Crippen molar-refractivity contribution in [1.82, 2.24) is 15.4 Å². The highest BCUT2D eigenvalue weighted by atomic mass is 16.5. The standard InChI is InChI=1S/C17H20N6O2/c1-17(2,3)13-9-15(23-25-13)20-16(24)19-11-6-4-10(5-7-11)12-8-14(18)22-21-12/h4-9H,1-3H3,(H3,18,21,22)(H2,19,20,23,24). The van der Waals surface area contributed by atoms with E-state index >= 15 is 0 Å². The second kappa shape index (κ2) is 6.31. The highest BCUT2D eigenvalue weighted by Gasteiger charge is 2.20. The largest absolute Gasteiger partial charge is 0.382 e. The average molecular weight is 340 g/mol. The molecule has 3 aromatic rings. The average Bonchev–Trinajstić information content (AvgIpc) is 3.17. The van der Waals surface area contributed by atoms with Crippen LogP contribution in [0.1, 0.15) is 26.5 Å². The lowest BCUT2D eigenvalue weighted by molar-refractivity contribution is 0.262. The lowest BCUT2D eigenvalue weighted by Gasteiger charge is -2.12. The topological polar surface area (TPSA) is 122 Å². The molecule has 0 aliphatic carbocycles. The summed E-state index contributed by atoms with van der Waals surface area (Å²) in [5.41, 5.74) is 7.80. The van der Waals surface area contributed by atoms with Crippen LogP contribution in [0.5, 0.6) is 0 Å². The Morgan fingerprint density at radius 3 is 2.44 bits per heavy atom. The Bertz CT molecular complexity index is 873. The fourth-order valence-corrected chi connectivity index (χ4v) is 2.18. The van der Waals surface area contributed by atoms with Crippen LogP contribution in [-0.2, 0) is 5.41 Å². The van der Waals surface area contributed by atoms with E-state index in [1.165, 1.54) is 0 Å². The van der Waals surface area contributed by atoms with Crippen LogP contribution in [0.4, 0.5) is 22.1 Å². The zero-order valence-corrected chi connectivity index (χ0v) is 14.3. The third-order valence-corrected chi connectivity index (χ3v) is 3.54. The van der Waals surface area contributed by atoms with E-state index in [9.17, 15) is 4.79 Å². The minimum absolute atomic E-state index is 0.171. The molecule has 2 heterocycles. The van der Waals surface area contributed by atoms with Crippen molar-refractivity contribution in [1.29, 1.82) is 0 Å². The molecule has 0 fully saturated rings. The number of carbonyl (C=O) groups is 1. The predicted molar refractivity (Wildman–Crippen MR) is 96.3 cm³/mol. The molecule has 0 bridgehead atoms. The number of hydrogen-bond acceptors (Lipinski definition) is 5. The van der Waals surface area contributed by atoms with E-state index in [-0.39, 0.29) is 5.41 Å². The Kier molecular flexibility index (Phi) is 4.18. The van der Waals surface area contributed by atoms with Crippen LogP contribution in [0, 0.1) is 0 Å². The number of anilines is 3. The minimum atomic E-state index is -0.396. The highest BCUT2D eigenvalue weighted by Crippen LogP contribution is 2.24. The second-order valence-electron chi connectivity index (χ2n) is 6.69. The molecule has 8 heteroatoms. The number of nitrogen functional groups attached to an aromatic ring is 1. The molecule has 8 nitrogen and oxygen atoms in total. The summed E-state index contributed by atoms with van der Waals surface area (Å²) < 4.78 is 5.23. The van der Waals surface area contributed by atoms with Gasteiger partial charge in [0.1, 0.15) is 11.6 Å². The summed E-state index contributed by atoms with van der Waals surface area (Å²) in [4.78, 5) is 12.1. The zero-order valence-electron chi connectivity index (χ0n) is 14.3. The number of nitrogens with one attached hydrogen (secondary N) is 3. The number of H-pyrrole nitrogens is 1. The SMILES string of the molecule is CC(C)(C)c1cc(NC(=O)Nc2ccc(-c3cc(N)n[nH]3)cc2)no1. The van der Waals surface area contributed by atoms with Crippen molar-refractivity contribution in [2.75, 3.05) is 16.4 Å². The van der Waals surface area contributed by atoms with E-state index in [1.54, 1.807) is 24.3 Å². The van der Waals surface area contributed by atoms with Crippen molar-refractivity contribution in [2.45, 2.75) is 26.2 Å². The zero-order chi connectivity index (χ0) is 18.0. The van der Waals surface area contributed by atoms with Gasteiger partial charge in [-0.2, -0.15) is 5.10 Å². The molecule has 0 saturated heterocycles. The summed E-state index contributed by atoms with van der Waals surface area (Å²) in [6.07, 6.45) is 0. The molecular weight excluding hydrogens is 320 g/mol. The number of rotatable bonds is 3. The van der Waals surface area contributed by atoms with E-state index in [1.807, 2.05) is 32.9 Å². The van der Waals surface area contributed by atoms with Gasteiger partial charge in [-0.05, 0) is 17.7 Å². The van der Waals surface area contributed by atoms with Gasteiger partial charge in [0.05, 0.1) is 5.69 Å². The van der Waals surface area contributed by atoms with Crippen molar-refractivity contribution in [2.24, 2.45) is 0 Å². The summed E-state index contributed by atoms with van der Waals surface area (Å²) in [5, 5.41) is 16.0. The van der Waals surface area contributed by atoms with Crippen molar-refractivity contribution in [3.63, 3.8) is 0 Å². The van der Waals surface area contributed by atoms with Crippen LogP contribution >= 0.6 is 0 Å². The summed E-state index contributed by atoms with van der Waals surface area (Å²) in [6.45, 7) is 6.02. The molecule has 0 aliphatic heterocycles. The van der Waals surface area contributed by atoms with Gasteiger partial charge in [-0.25, -0.2) is 4.79 Å². The molecular formula is C17H20N6O2. The number of amides is 2. The molecule has 25 heavy (non-hydrogen) atoms. The number of urea groups is 1. The Labute approximate surface area is 144 Å². The third-order valence-electron chi connectivity index (χ3n) is 3.54. The third kappa shape index (κ3) is 3.97. The first-order valence-electron chi connectivity index (χ1n) is 7.78. The van der Waals surface area contributed by atoms with Crippen LogP contribution in [0.3, 0.4) is 0 Å². The maximum Gasteiger partial charge on any atom is 0.324 e. The van der Waals surface area contributed by atoms with Gasteiger partial charge in [-0.15, -0.1) is 0 Å². The number of nitrogens with two attached hydrogens (primary N) is 1. The van der Waals surface area contributed by atoms with Gasteiger partial charge >= 0.3 is 6.03 Å². The number of carbonyl (C=O) groups excluding carboxylic acids is 1. The number of aromatic amines is 1. The molecule has 1 aromatic carbocycles. The lowest BCUT2D eigenvalue weighted by atomic mass is 9.93. The van der Waals surface area contributed by atoms with Crippen molar-refractivity contribution < 1.29 is 9.32 Å². The summed E-state index contributed by atoms with van der Waals surface area (Å²) in [7, 11) is 0. The van der Waals surface area contributed by atoms with Crippen molar-refractivity contribution in [3.8, 4) is 11.3 Å². The fourth-order valence-electron chi connectivity index (χ4n) is 2.18. The highest BCUT2D eigenvalue weighted by molar-refractivity contribution is 5.99. The molecule has 130 valence electrons. The first-order chi connectivity index (χ1) is 11.8. The van der Waals surface area contributed by atoms with Crippen molar-refractivity contribution in [3.05, 3.63) is 42.2 Å². The molecule has 0 unspecified atom stereocenters. The molecule has 0 spiro atoms. The Hall–Kier alpha value is -3.29. The van der Waals surface area contributed by atoms with Gasteiger partial charge in [0.2, 0.25) is 0 Å². The first kappa shape index (κ1) is 16.6. The van der Waals surface area contributed by atoms with Crippen LogP contribution in [0.25, 0.3) is 11.3 Å². The van der Waals surface area contributed by atoms with E-state index in [0.717, 1.165) is 11.3 Å². The summed E-state index contributed by atoms with van der Waals surface area (Å²) in [6, 6.07) is 10.3. The van der Waals surface area contributed by atoms with E-state index in [4.69, 9.17) is 10.3 Å². The minimum Gasteiger partial charge on any atom is -0.382 e. The van der Waals surface area contributed by atoms with Gasteiger partial charge in [0.25, 0.3) is 0 Å². The molecule has 0 atom stereocenters. The van der Waals surface area contributed by atoms with E-state index in [0.29, 0.717) is 23.1 Å². The molecule has 0 saturated carbocycles. The number of aromatic nitrogens is 3. The molecule has 3 rings (SSSR count). The molecule has 0 radical (unpaired) electrons. The van der Waals surface area contributed by atoms with Crippen LogP contribution < -0.4 is 16.4 Å². The van der Waals surface area contributed by atoms with Crippen LogP contribution in [0.2, 0.25) is 0 Å². The normalized spacial score (nSPS) is 11.3. The molecule has 0 aliphatic rings. The molecule has 5 N–H and O–H groups in total. The monoisotopic (exact) mass is 340 g/mol. The Morgan fingerprint density at radius 2 is 1.88 bits per heavy atom. The Balaban J connectivity index is 1.62. The lowest BCUT2D eigenvalue weighted by Crippen LogP contribution is -2.19. The van der Waals surface area contributed by atoms with Gasteiger partial charge < -0.3 is 15.6 Å². The van der Waals surface area contributed by atoms with Gasteiger partial charge in [-0.3, -0.25) is 10.4 Å². The van der Waals surface area contributed by atoms with E-state index < -0.39 is 6.03 Å². The maximum atomic E-state index is 12.1. The molecule has 2 amide bonds. The van der Waals surface area contributed by atoms with Crippen LogP contribution in [-0.4, -0.2) is 21.4 Å². The smallest absolute Gasteiger partial charge is 0.324 e. The first-order valence-corrected chi connectivity index (χ1v) is 7.78. The van der Waals surface area contributed by atoms with Gasteiger partial charge in [0.15, 0.2) is 5.82 Å². The second-order valence-corrected chi connectivity index (χ2v) is 6.69. The number of nitrogens with zero attached hydrogens (tertiary/aromatic N) is 2.